The SMILES string of the molecule is Cc1ccc(S(=O)(=O)Nc2c(F)cccc2F)cc1Cl. The summed E-state index contributed by atoms with van der Waals surface area (Å²) in [5.41, 5.74) is -0.0214. The van der Waals surface area contributed by atoms with Crippen LogP contribution in [0.15, 0.2) is 41.3 Å². The number of halogens is 3. The molecule has 0 radical (unpaired) electrons. The average molecular weight is 318 g/mol. The van der Waals surface area contributed by atoms with Gasteiger partial charge in [-0.3, -0.25) is 4.72 Å². The molecule has 3 nitrogen and oxygen atoms in total. The van der Waals surface area contributed by atoms with E-state index in [1.54, 1.807) is 6.92 Å². The second-order valence-electron chi connectivity index (χ2n) is 4.11. The number of nitrogens with one attached hydrogen (secondary N) is 1. The van der Waals surface area contributed by atoms with Crippen molar-refractivity contribution in [2.45, 2.75) is 11.8 Å². The van der Waals surface area contributed by atoms with Crippen LogP contribution in [0, 0.1) is 18.6 Å². The molecule has 0 bridgehead atoms. The Labute approximate surface area is 120 Å². The Bertz CT molecular complexity index is 743. The van der Waals surface area contributed by atoms with Crippen LogP contribution in [0.1, 0.15) is 5.56 Å². The van der Waals surface area contributed by atoms with E-state index in [1.165, 1.54) is 18.2 Å². The normalized spacial score (nSPS) is 11.4. The van der Waals surface area contributed by atoms with Gasteiger partial charge in [0, 0.05) is 5.02 Å². The summed E-state index contributed by atoms with van der Waals surface area (Å²) in [5.74, 6) is -1.99. The zero-order valence-corrected chi connectivity index (χ0v) is 11.9. The molecule has 1 N–H and O–H groups in total. The van der Waals surface area contributed by atoms with E-state index >= 15 is 0 Å². The zero-order valence-electron chi connectivity index (χ0n) is 10.3. The number of hydrogen-bond acceptors (Lipinski definition) is 2. The molecule has 0 saturated carbocycles. The molecule has 2 aromatic carbocycles. The van der Waals surface area contributed by atoms with E-state index in [1.807, 2.05) is 4.72 Å². The third-order valence-electron chi connectivity index (χ3n) is 2.65. The molecular formula is C13H10ClF2NO2S. The van der Waals surface area contributed by atoms with Gasteiger partial charge >= 0.3 is 0 Å². The number of anilines is 1. The van der Waals surface area contributed by atoms with Crippen molar-refractivity contribution in [2.75, 3.05) is 4.72 Å². The second-order valence-corrected chi connectivity index (χ2v) is 6.20. The summed E-state index contributed by atoms with van der Waals surface area (Å²) in [6, 6.07) is 7.10. The minimum absolute atomic E-state index is 0.171. The number of aryl methyl sites for hydroxylation is 1. The molecule has 0 spiro atoms. The van der Waals surface area contributed by atoms with Gasteiger partial charge in [-0.2, -0.15) is 0 Å². The zero-order chi connectivity index (χ0) is 14.9. The van der Waals surface area contributed by atoms with Crippen LogP contribution in [0.4, 0.5) is 14.5 Å². The maximum Gasteiger partial charge on any atom is 0.262 e. The van der Waals surface area contributed by atoms with Crippen molar-refractivity contribution in [3.63, 3.8) is 0 Å². The first-order valence-electron chi connectivity index (χ1n) is 5.54. The second kappa shape index (κ2) is 5.38. The van der Waals surface area contributed by atoms with Gasteiger partial charge in [0.25, 0.3) is 10.0 Å². The van der Waals surface area contributed by atoms with Crippen LogP contribution in [0.3, 0.4) is 0 Å². The van der Waals surface area contributed by atoms with Gasteiger partial charge in [-0.1, -0.05) is 23.7 Å². The predicted octanol–water partition coefficient (Wildman–Crippen LogP) is 3.73. The summed E-state index contributed by atoms with van der Waals surface area (Å²) >= 11 is 5.85. The Morgan fingerprint density at radius 2 is 1.70 bits per heavy atom. The Hall–Kier alpha value is -1.66. The third kappa shape index (κ3) is 2.91. The summed E-state index contributed by atoms with van der Waals surface area (Å²) in [6.07, 6.45) is 0. The largest absolute Gasteiger partial charge is 0.274 e. The Morgan fingerprint density at radius 3 is 2.25 bits per heavy atom. The molecule has 7 heteroatoms. The Balaban J connectivity index is 2.43. The molecule has 0 atom stereocenters. The average Bonchev–Trinajstić information content (AvgIpc) is 2.37. The van der Waals surface area contributed by atoms with Crippen molar-refractivity contribution in [2.24, 2.45) is 0 Å². The fraction of sp³-hybridized carbons (Fsp3) is 0.0769. The van der Waals surface area contributed by atoms with E-state index in [-0.39, 0.29) is 9.92 Å². The van der Waals surface area contributed by atoms with Gasteiger partial charge < -0.3 is 0 Å². The van der Waals surface area contributed by atoms with E-state index < -0.39 is 27.3 Å². The van der Waals surface area contributed by atoms with Crippen molar-refractivity contribution in [1.82, 2.24) is 0 Å². The van der Waals surface area contributed by atoms with Gasteiger partial charge in [-0.25, -0.2) is 17.2 Å². The lowest BCUT2D eigenvalue weighted by Crippen LogP contribution is -2.15. The summed E-state index contributed by atoms with van der Waals surface area (Å²) in [4.78, 5) is -0.171. The molecule has 0 fully saturated rings. The molecule has 0 unspecified atom stereocenters. The topological polar surface area (TPSA) is 46.2 Å². The molecule has 0 aliphatic carbocycles. The number of hydrogen-bond donors (Lipinski definition) is 1. The van der Waals surface area contributed by atoms with Gasteiger partial charge in [0.05, 0.1) is 4.90 Å². The highest BCUT2D eigenvalue weighted by atomic mass is 35.5. The van der Waals surface area contributed by atoms with Gasteiger partial charge in [0.1, 0.15) is 17.3 Å². The smallest absolute Gasteiger partial charge is 0.262 e. The lowest BCUT2D eigenvalue weighted by molar-refractivity contribution is 0.583. The Morgan fingerprint density at radius 1 is 1.10 bits per heavy atom. The van der Waals surface area contributed by atoms with Crippen LogP contribution < -0.4 is 4.72 Å². The maximum absolute atomic E-state index is 13.4. The molecule has 0 aromatic heterocycles. The molecule has 106 valence electrons. The molecule has 0 heterocycles. The van der Waals surface area contributed by atoms with Crippen molar-refractivity contribution < 1.29 is 17.2 Å². The predicted molar refractivity (Wildman–Crippen MR) is 73.4 cm³/mol. The summed E-state index contributed by atoms with van der Waals surface area (Å²) < 4.78 is 52.9. The first-order chi connectivity index (χ1) is 9.31. The molecule has 20 heavy (non-hydrogen) atoms. The van der Waals surface area contributed by atoms with Crippen LogP contribution in [-0.4, -0.2) is 8.42 Å². The van der Waals surface area contributed by atoms with Crippen molar-refractivity contribution in [3.8, 4) is 0 Å². The highest BCUT2D eigenvalue weighted by Gasteiger charge is 2.19. The van der Waals surface area contributed by atoms with Gasteiger partial charge in [0.2, 0.25) is 0 Å². The van der Waals surface area contributed by atoms with Crippen molar-refractivity contribution in [3.05, 3.63) is 58.6 Å². The highest BCUT2D eigenvalue weighted by Crippen LogP contribution is 2.24. The minimum Gasteiger partial charge on any atom is -0.274 e. The molecule has 0 saturated heterocycles. The fourth-order valence-corrected chi connectivity index (χ4v) is 2.88. The fourth-order valence-electron chi connectivity index (χ4n) is 1.53. The van der Waals surface area contributed by atoms with Crippen LogP contribution in [0.25, 0.3) is 0 Å². The quantitative estimate of drug-likeness (QED) is 0.937. The standard InChI is InChI=1S/C13H10ClF2NO2S/c1-8-5-6-9(7-10(8)14)20(18,19)17-13-11(15)3-2-4-12(13)16/h2-7,17H,1H3. The lowest BCUT2D eigenvalue weighted by Gasteiger charge is -2.10. The molecule has 0 amide bonds. The Kier molecular flexibility index (Phi) is 3.96. The maximum atomic E-state index is 13.4. The highest BCUT2D eigenvalue weighted by molar-refractivity contribution is 7.92. The van der Waals surface area contributed by atoms with E-state index in [2.05, 4.69) is 0 Å². The van der Waals surface area contributed by atoms with E-state index in [0.29, 0.717) is 5.56 Å². The minimum atomic E-state index is -4.11. The summed E-state index contributed by atoms with van der Waals surface area (Å²) in [7, 11) is -4.11. The van der Waals surface area contributed by atoms with Gasteiger partial charge in [-0.05, 0) is 36.8 Å². The van der Waals surface area contributed by atoms with Crippen LogP contribution in [0.5, 0.6) is 0 Å². The van der Waals surface area contributed by atoms with Gasteiger partial charge in [-0.15, -0.1) is 0 Å². The van der Waals surface area contributed by atoms with E-state index in [0.717, 1.165) is 18.2 Å². The number of benzene rings is 2. The summed E-state index contributed by atoms with van der Waals surface area (Å²) in [5, 5.41) is 0.252. The molecular weight excluding hydrogens is 308 g/mol. The molecule has 2 aromatic rings. The number of sulfonamides is 1. The van der Waals surface area contributed by atoms with Crippen LogP contribution in [0.2, 0.25) is 5.02 Å². The van der Waals surface area contributed by atoms with E-state index in [4.69, 9.17) is 11.6 Å². The lowest BCUT2D eigenvalue weighted by atomic mass is 10.2. The van der Waals surface area contributed by atoms with Crippen LogP contribution in [-0.2, 0) is 10.0 Å². The third-order valence-corrected chi connectivity index (χ3v) is 4.41. The number of rotatable bonds is 3. The van der Waals surface area contributed by atoms with Crippen molar-refractivity contribution >= 4 is 27.3 Å². The molecule has 2 rings (SSSR count). The first-order valence-corrected chi connectivity index (χ1v) is 7.40. The van der Waals surface area contributed by atoms with Gasteiger partial charge in [0.15, 0.2) is 0 Å². The first kappa shape index (κ1) is 14.7. The molecule has 0 aliphatic rings. The molecule has 0 aliphatic heterocycles. The van der Waals surface area contributed by atoms with Crippen molar-refractivity contribution in [1.29, 1.82) is 0 Å². The summed E-state index contributed by atoms with van der Waals surface area (Å²) in [6.45, 7) is 1.71. The monoisotopic (exact) mass is 317 g/mol. The number of para-hydroxylation sites is 1. The van der Waals surface area contributed by atoms with Crippen LogP contribution >= 0.6 is 11.6 Å². The van der Waals surface area contributed by atoms with E-state index in [9.17, 15) is 17.2 Å².